The molecule has 1 heterocycles. The van der Waals surface area contributed by atoms with Gasteiger partial charge in [0.15, 0.2) is 0 Å². The summed E-state index contributed by atoms with van der Waals surface area (Å²) >= 11 is 0. The van der Waals surface area contributed by atoms with E-state index in [2.05, 4.69) is 10.2 Å². The molecule has 1 aliphatic rings. The maximum Gasteiger partial charge on any atom is 0.207 e. The second kappa shape index (κ2) is 24.6. The summed E-state index contributed by atoms with van der Waals surface area (Å²) in [6.07, 6.45) is 4.80. The normalized spacial score (nSPS) is 14.4. The first-order valence-electron chi connectivity index (χ1n) is 9.55. The highest BCUT2D eigenvalue weighted by Gasteiger charge is 2.18. The molecule has 0 aliphatic carbocycles. The fourth-order valence-corrected chi connectivity index (χ4v) is 2.07. The minimum atomic E-state index is 0.384. The number of rotatable bonds is 8. The number of hydrogen-bond acceptors (Lipinski definition) is 4. The van der Waals surface area contributed by atoms with Crippen LogP contribution in [0.3, 0.4) is 0 Å². The molecule has 24 heavy (non-hydrogen) atoms. The number of nitrogens with zero attached hydrogens (tertiary/aromatic N) is 1. The molecule has 1 amide bonds. The summed E-state index contributed by atoms with van der Waals surface area (Å²) in [4.78, 5) is 12.5. The van der Waals surface area contributed by atoms with Crippen molar-refractivity contribution in [1.29, 1.82) is 0 Å². The topological polar surface area (TPSA) is 50.8 Å². The van der Waals surface area contributed by atoms with E-state index in [9.17, 15) is 4.79 Å². The van der Waals surface area contributed by atoms with Crippen LogP contribution in [0.5, 0.6) is 0 Å². The maximum atomic E-state index is 10.1. The van der Waals surface area contributed by atoms with Gasteiger partial charge in [0.25, 0.3) is 0 Å². The van der Waals surface area contributed by atoms with Gasteiger partial charge in [-0.15, -0.1) is 0 Å². The zero-order valence-corrected chi connectivity index (χ0v) is 17.6. The van der Waals surface area contributed by atoms with Gasteiger partial charge in [-0.1, -0.05) is 27.7 Å². The minimum Gasteiger partial charge on any atom is -0.383 e. The third-order valence-corrected chi connectivity index (χ3v) is 3.57. The van der Waals surface area contributed by atoms with Crippen molar-refractivity contribution in [2.75, 3.05) is 47.0 Å². The van der Waals surface area contributed by atoms with Crippen LogP contribution in [0.1, 0.15) is 60.8 Å². The Hall–Kier alpha value is -0.650. The molecule has 1 rings (SSSR count). The second-order valence-corrected chi connectivity index (χ2v) is 5.42. The van der Waals surface area contributed by atoms with Gasteiger partial charge in [0.2, 0.25) is 6.41 Å². The molecule has 5 heteroatoms. The highest BCUT2D eigenvalue weighted by Crippen LogP contribution is 2.19. The Bertz CT molecular complexity index is 219. The van der Waals surface area contributed by atoms with E-state index in [1.165, 1.54) is 25.9 Å². The van der Waals surface area contributed by atoms with E-state index < -0.39 is 0 Å². The predicted octanol–water partition coefficient (Wildman–Crippen LogP) is 3.57. The summed E-state index contributed by atoms with van der Waals surface area (Å²) in [7, 11) is 3.45. The van der Waals surface area contributed by atoms with Crippen LogP contribution in [0.4, 0.5) is 0 Å². The van der Waals surface area contributed by atoms with Crippen molar-refractivity contribution < 1.29 is 14.3 Å². The molecule has 1 N–H and O–H groups in total. The molecular formula is C19H44N2O3. The predicted molar refractivity (Wildman–Crippen MR) is 105 cm³/mol. The van der Waals surface area contributed by atoms with Crippen LogP contribution >= 0.6 is 0 Å². The van der Waals surface area contributed by atoms with Gasteiger partial charge in [0.1, 0.15) is 0 Å². The van der Waals surface area contributed by atoms with Crippen LogP contribution in [-0.2, 0) is 14.3 Å². The first-order valence-corrected chi connectivity index (χ1v) is 9.55. The molecule has 0 spiro atoms. The Morgan fingerprint density at radius 2 is 1.62 bits per heavy atom. The lowest BCUT2D eigenvalue weighted by Crippen LogP contribution is -2.36. The number of amides is 1. The van der Waals surface area contributed by atoms with E-state index >= 15 is 0 Å². The molecule has 0 aromatic carbocycles. The Kier molecular flexibility index (Phi) is 28.9. The maximum absolute atomic E-state index is 10.1. The summed E-state index contributed by atoms with van der Waals surface area (Å²) < 4.78 is 9.81. The average Bonchev–Trinajstić information content (AvgIpc) is 2.65. The minimum absolute atomic E-state index is 0.384. The smallest absolute Gasteiger partial charge is 0.207 e. The van der Waals surface area contributed by atoms with E-state index in [0.29, 0.717) is 6.10 Å². The average molecular weight is 349 g/mol. The van der Waals surface area contributed by atoms with Crippen LogP contribution < -0.4 is 5.32 Å². The molecule has 1 aliphatic heterocycles. The zero-order valence-electron chi connectivity index (χ0n) is 17.6. The molecule has 148 valence electrons. The summed E-state index contributed by atoms with van der Waals surface area (Å²) in [6, 6.07) is 0. The second-order valence-electron chi connectivity index (χ2n) is 5.42. The number of carbonyl (C=O) groups excluding carboxylic acids is 1. The van der Waals surface area contributed by atoms with Crippen LogP contribution in [0.2, 0.25) is 0 Å². The molecule has 0 atom stereocenters. The fraction of sp³-hybridized carbons (Fsp3) is 0.947. The summed E-state index contributed by atoms with van der Waals surface area (Å²) in [5.41, 5.74) is 0. The molecule has 1 fully saturated rings. The number of ether oxygens (including phenoxy) is 2. The summed E-state index contributed by atoms with van der Waals surface area (Å²) in [5, 5.41) is 2.73. The zero-order chi connectivity index (χ0) is 19.2. The van der Waals surface area contributed by atoms with Gasteiger partial charge in [-0.3, -0.25) is 4.79 Å². The van der Waals surface area contributed by atoms with Crippen LogP contribution in [0.15, 0.2) is 0 Å². The summed E-state index contributed by atoms with van der Waals surface area (Å²) in [6.45, 7) is 17.1. The monoisotopic (exact) mass is 348 g/mol. The fourth-order valence-electron chi connectivity index (χ4n) is 2.07. The lowest BCUT2D eigenvalue weighted by Gasteiger charge is -2.31. The standard InChI is InChI=1S/C11H22N2O2.C4H10O.2C2H6/c1-15-9-8-13-6-3-11(4-7-13)2-5-12-10-14;1-4(2)5-3;2*1-2/h10-11H,2-9H2,1H3,(H,12,14);4H,1-3H3;2*1-2H3. The van der Waals surface area contributed by atoms with Crippen molar-refractivity contribution in [3.8, 4) is 0 Å². The van der Waals surface area contributed by atoms with Crippen LogP contribution in [-0.4, -0.2) is 64.4 Å². The summed E-state index contributed by atoms with van der Waals surface area (Å²) in [5.74, 6) is 0.788. The SMILES string of the molecule is CC.CC.COC(C)C.COCCN1CCC(CCNC=O)CC1. The number of nitrogens with one attached hydrogen (secondary N) is 1. The lowest BCUT2D eigenvalue weighted by molar-refractivity contribution is -0.109. The molecule has 0 aromatic rings. The highest BCUT2D eigenvalue weighted by molar-refractivity contribution is 5.45. The van der Waals surface area contributed by atoms with Crippen molar-refractivity contribution in [2.24, 2.45) is 5.92 Å². The number of methoxy groups -OCH3 is 2. The molecule has 0 bridgehead atoms. The Labute approximate surface area is 151 Å². The Morgan fingerprint density at radius 1 is 1.12 bits per heavy atom. The molecule has 1 saturated heterocycles. The van der Waals surface area contributed by atoms with E-state index in [1.54, 1.807) is 14.2 Å². The van der Waals surface area contributed by atoms with Gasteiger partial charge in [0, 0.05) is 27.3 Å². The van der Waals surface area contributed by atoms with Gasteiger partial charge in [0.05, 0.1) is 12.7 Å². The van der Waals surface area contributed by atoms with Crippen molar-refractivity contribution in [2.45, 2.75) is 66.9 Å². The van der Waals surface area contributed by atoms with Gasteiger partial charge >= 0.3 is 0 Å². The van der Waals surface area contributed by atoms with Gasteiger partial charge in [-0.25, -0.2) is 0 Å². The van der Waals surface area contributed by atoms with E-state index in [-0.39, 0.29) is 0 Å². The Balaban J connectivity index is -0.000000413. The lowest BCUT2D eigenvalue weighted by atomic mass is 9.93. The molecular weight excluding hydrogens is 304 g/mol. The quantitative estimate of drug-likeness (QED) is 0.538. The highest BCUT2D eigenvalue weighted by atomic mass is 16.5. The molecule has 0 radical (unpaired) electrons. The van der Waals surface area contributed by atoms with Crippen molar-refractivity contribution in [3.63, 3.8) is 0 Å². The van der Waals surface area contributed by atoms with Gasteiger partial charge in [-0.2, -0.15) is 0 Å². The third-order valence-electron chi connectivity index (χ3n) is 3.57. The molecule has 0 aromatic heterocycles. The first kappa shape index (κ1) is 28.2. The number of likely N-dealkylation sites (tertiary alicyclic amines) is 1. The van der Waals surface area contributed by atoms with E-state index in [1.807, 2.05) is 41.5 Å². The van der Waals surface area contributed by atoms with Crippen molar-refractivity contribution in [3.05, 3.63) is 0 Å². The third kappa shape index (κ3) is 21.4. The number of piperidine rings is 1. The largest absolute Gasteiger partial charge is 0.383 e. The van der Waals surface area contributed by atoms with Gasteiger partial charge in [-0.05, 0) is 52.1 Å². The molecule has 5 nitrogen and oxygen atoms in total. The van der Waals surface area contributed by atoms with E-state index in [0.717, 1.165) is 38.4 Å². The van der Waals surface area contributed by atoms with Crippen molar-refractivity contribution >= 4 is 6.41 Å². The van der Waals surface area contributed by atoms with E-state index in [4.69, 9.17) is 9.47 Å². The van der Waals surface area contributed by atoms with Crippen molar-refractivity contribution in [1.82, 2.24) is 10.2 Å². The molecule has 0 unspecified atom stereocenters. The first-order chi connectivity index (χ1) is 11.6. The number of hydrogen-bond donors (Lipinski definition) is 1. The number of carbonyl (C=O) groups is 1. The Morgan fingerprint density at radius 3 is 2.00 bits per heavy atom. The van der Waals surface area contributed by atoms with Gasteiger partial charge < -0.3 is 19.7 Å². The van der Waals surface area contributed by atoms with Crippen LogP contribution in [0, 0.1) is 5.92 Å². The molecule has 0 saturated carbocycles. The van der Waals surface area contributed by atoms with Crippen LogP contribution in [0.25, 0.3) is 0 Å².